The Morgan fingerprint density at radius 1 is 1.12 bits per heavy atom. The Hall–Kier alpha value is -2.43. The number of nitrogens with two attached hydrogens (primary N) is 1. The van der Waals surface area contributed by atoms with E-state index in [1.807, 2.05) is 18.3 Å². The van der Waals surface area contributed by atoms with Crippen molar-refractivity contribution in [2.75, 3.05) is 5.73 Å². The van der Waals surface area contributed by atoms with Crippen molar-refractivity contribution in [3.63, 3.8) is 0 Å². The van der Waals surface area contributed by atoms with Gasteiger partial charge in [0.15, 0.2) is 0 Å². The molecule has 0 saturated carbocycles. The predicted octanol–water partition coefficient (Wildman–Crippen LogP) is 1.60. The van der Waals surface area contributed by atoms with E-state index in [0.717, 1.165) is 16.6 Å². The molecule has 3 aromatic rings. The van der Waals surface area contributed by atoms with Crippen LogP contribution in [0.2, 0.25) is 0 Å². The van der Waals surface area contributed by atoms with E-state index < -0.39 is 0 Å². The van der Waals surface area contributed by atoms with E-state index in [-0.39, 0.29) is 0 Å². The first-order chi connectivity index (χ1) is 7.86. The third-order valence-electron chi connectivity index (χ3n) is 2.47. The minimum atomic E-state index is 0.615. The number of nitrogens with zero attached hydrogens (tertiary/aromatic N) is 3. The largest absolute Gasteiger partial charge is 0.397 e. The van der Waals surface area contributed by atoms with Crippen LogP contribution in [0.5, 0.6) is 0 Å². The second kappa shape index (κ2) is 3.30. The monoisotopic (exact) mass is 211 g/mol. The first kappa shape index (κ1) is 8.84. The van der Waals surface area contributed by atoms with Gasteiger partial charge >= 0.3 is 0 Å². The van der Waals surface area contributed by atoms with Crippen molar-refractivity contribution in [2.45, 2.75) is 0 Å². The van der Waals surface area contributed by atoms with Gasteiger partial charge in [-0.3, -0.25) is 0 Å². The standard InChI is InChI=1S/C11H9N5/c12-9-3-6-15-16-10(9)7-1-4-13-11-8(7)2-5-14-11/h1-6H,(H2,12,15)(H,13,14). The van der Waals surface area contributed by atoms with E-state index in [0.29, 0.717) is 11.4 Å². The summed E-state index contributed by atoms with van der Waals surface area (Å²) >= 11 is 0. The second-order valence-electron chi connectivity index (χ2n) is 3.43. The molecule has 3 heterocycles. The maximum absolute atomic E-state index is 5.88. The fourth-order valence-corrected chi connectivity index (χ4v) is 1.72. The molecule has 78 valence electrons. The zero-order valence-electron chi connectivity index (χ0n) is 8.38. The first-order valence-electron chi connectivity index (χ1n) is 4.86. The summed E-state index contributed by atoms with van der Waals surface area (Å²) in [6.45, 7) is 0. The van der Waals surface area contributed by atoms with Crippen molar-refractivity contribution < 1.29 is 0 Å². The zero-order valence-corrected chi connectivity index (χ0v) is 8.38. The zero-order chi connectivity index (χ0) is 11.0. The Labute approximate surface area is 91.3 Å². The number of nitrogens with one attached hydrogen (secondary N) is 1. The molecule has 0 bridgehead atoms. The Morgan fingerprint density at radius 2 is 2.06 bits per heavy atom. The molecule has 0 spiro atoms. The first-order valence-corrected chi connectivity index (χ1v) is 4.86. The number of aromatic amines is 1. The molecule has 3 rings (SSSR count). The summed E-state index contributed by atoms with van der Waals surface area (Å²) in [5.41, 5.74) is 8.95. The molecule has 16 heavy (non-hydrogen) atoms. The smallest absolute Gasteiger partial charge is 0.137 e. The average molecular weight is 211 g/mol. The third kappa shape index (κ3) is 1.22. The van der Waals surface area contributed by atoms with Crippen LogP contribution in [0.3, 0.4) is 0 Å². The van der Waals surface area contributed by atoms with Crippen molar-refractivity contribution in [1.82, 2.24) is 20.2 Å². The van der Waals surface area contributed by atoms with Crippen LogP contribution in [0.15, 0.2) is 36.8 Å². The summed E-state index contributed by atoms with van der Waals surface area (Å²) in [5, 5.41) is 8.91. The summed E-state index contributed by atoms with van der Waals surface area (Å²) in [6, 6.07) is 5.57. The van der Waals surface area contributed by atoms with Crippen molar-refractivity contribution in [1.29, 1.82) is 0 Å². The summed E-state index contributed by atoms with van der Waals surface area (Å²) < 4.78 is 0. The highest BCUT2D eigenvalue weighted by Crippen LogP contribution is 2.28. The number of H-pyrrole nitrogens is 1. The number of pyridine rings is 1. The van der Waals surface area contributed by atoms with Gasteiger partial charge in [0.1, 0.15) is 11.3 Å². The van der Waals surface area contributed by atoms with Crippen molar-refractivity contribution in [3.8, 4) is 11.3 Å². The molecule has 0 atom stereocenters. The quantitative estimate of drug-likeness (QED) is 0.640. The minimum absolute atomic E-state index is 0.615. The van der Waals surface area contributed by atoms with Gasteiger partial charge in [-0.1, -0.05) is 0 Å². The fourth-order valence-electron chi connectivity index (χ4n) is 1.72. The van der Waals surface area contributed by atoms with Crippen molar-refractivity contribution in [2.24, 2.45) is 0 Å². The second-order valence-corrected chi connectivity index (χ2v) is 3.43. The van der Waals surface area contributed by atoms with Crippen LogP contribution in [0.4, 0.5) is 5.69 Å². The van der Waals surface area contributed by atoms with Crippen molar-refractivity contribution >= 4 is 16.7 Å². The molecule has 5 heteroatoms. The van der Waals surface area contributed by atoms with Gasteiger partial charge in [-0.15, -0.1) is 5.10 Å². The molecule has 0 saturated heterocycles. The van der Waals surface area contributed by atoms with Gasteiger partial charge in [-0.2, -0.15) is 5.10 Å². The lowest BCUT2D eigenvalue weighted by atomic mass is 10.1. The van der Waals surface area contributed by atoms with Crippen LogP contribution in [0.25, 0.3) is 22.3 Å². The van der Waals surface area contributed by atoms with Gasteiger partial charge in [0.05, 0.1) is 11.9 Å². The summed E-state index contributed by atoms with van der Waals surface area (Å²) in [5.74, 6) is 0. The van der Waals surface area contributed by atoms with Gasteiger partial charge in [0.25, 0.3) is 0 Å². The fraction of sp³-hybridized carbons (Fsp3) is 0. The maximum atomic E-state index is 5.88. The van der Waals surface area contributed by atoms with Crippen LogP contribution in [-0.2, 0) is 0 Å². The molecule has 0 aromatic carbocycles. The highest BCUT2D eigenvalue weighted by Gasteiger charge is 2.09. The molecule has 3 N–H and O–H groups in total. The van der Waals surface area contributed by atoms with E-state index in [2.05, 4.69) is 20.2 Å². The predicted molar refractivity (Wildman–Crippen MR) is 61.5 cm³/mol. The molecule has 3 aromatic heterocycles. The molecule has 0 aliphatic rings. The third-order valence-corrected chi connectivity index (χ3v) is 2.47. The lowest BCUT2D eigenvalue weighted by molar-refractivity contribution is 1.04. The summed E-state index contributed by atoms with van der Waals surface area (Å²) in [4.78, 5) is 7.26. The Balaban J connectivity index is 2.34. The Kier molecular flexibility index (Phi) is 1.83. The van der Waals surface area contributed by atoms with Crippen LogP contribution in [-0.4, -0.2) is 20.2 Å². The van der Waals surface area contributed by atoms with Crippen LogP contribution in [0.1, 0.15) is 0 Å². The average Bonchev–Trinajstić information content (AvgIpc) is 2.77. The number of anilines is 1. The highest BCUT2D eigenvalue weighted by molar-refractivity contribution is 5.94. The van der Waals surface area contributed by atoms with E-state index in [1.165, 1.54) is 0 Å². The van der Waals surface area contributed by atoms with Crippen LogP contribution >= 0.6 is 0 Å². The van der Waals surface area contributed by atoms with E-state index >= 15 is 0 Å². The van der Waals surface area contributed by atoms with Gasteiger partial charge in [0, 0.05) is 23.3 Å². The molecule has 5 nitrogen and oxygen atoms in total. The number of aromatic nitrogens is 4. The van der Waals surface area contributed by atoms with E-state index in [4.69, 9.17) is 5.73 Å². The Morgan fingerprint density at radius 3 is 2.94 bits per heavy atom. The number of hydrogen-bond acceptors (Lipinski definition) is 4. The number of nitrogen functional groups attached to an aromatic ring is 1. The molecule has 0 radical (unpaired) electrons. The van der Waals surface area contributed by atoms with Gasteiger partial charge in [-0.05, 0) is 18.2 Å². The van der Waals surface area contributed by atoms with Gasteiger partial charge in [0.2, 0.25) is 0 Å². The molecular weight excluding hydrogens is 202 g/mol. The summed E-state index contributed by atoms with van der Waals surface area (Å²) in [6.07, 6.45) is 5.14. The van der Waals surface area contributed by atoms with Crippen LogP contribution < -0.4 is 5.73 Å². The van der Waals surface area contributed by atoms with Gasteiger partial charge < -0.3 is 10.7 Å². The van der Waals surface area contributed by atoms with Gasteiger partial charge in [-0.25, -0.2) is 4.98 Å². The highest BCUT2D eigenvalue weighted by atomic mass is 15.1. The normalized spacial score (nSPS) is 10.8. The van der Waals surface area contributed by atoms with Crippen molar-refractivity contribution in [3.05, 3.63) is 36.8 Å². The number of rotatable bonds is 1. The minimum Gasteiger partial charge on any atom is -0.397 e. The van der Waals surface area contributed by atoms with E-state index in [1.54, 1.807) is 18.5 Å². The topological polar surface area (TPSA) is 80.5 Å². The summed E-state index contributed by atoms with van der Waals surface area (Å²) in [7, 11) is 0. The van der Waals surface area contributed by atoms with Crippen LogP contribution in [0, 0.1) is 0 Å². The van der Waals surface area contributed by atoms with E-state index in [9.17, 15) is 0 Å². The molecule has 0 amide bonds. The molecule has 0 unspecified atom stereocenters. The molecule has 0 aliphatic carbocycles. The molecular formula is C11H9N5. The number of hydrogen-bond donors (Lipinski definition) is 2. The Bertz CT molecular complexity index is 643. The SMILES string of the molecule is Nc1ccnnc1-c1ccnc2[nH]ccc12. The molecule has 0 aliphatic heterocycles. The number of fused-ring (bicyclic) bond motifs is 1. The maximum Gasteiger partial charge on any atom is 0.137 e. The lowest BCUT2D eigenvalue weighted by Gasteiger charge is -2.03. The molecule has 0 fully saturated rings. The lowest BCUT2D eigenvalue weighted by Crippen LogP contribution is -1.95.